The number of aliphatic hydroxyl groups is 1. The minimum atomic E-state index is 0.190. The van der Waals surface area contributed by atoms with Crippen molar-refractivity contribution in [3.05, 3.63) is 72.4 Å². The average Bonchev–Trinajstić information content (AvgIpc) is 2.89. The van der Waals surface area contributed by atoms with Gasteiger partial charge in [-0.1, -0.05) is 54.6 Å². The van der Waals surface area contributed by atoms with Gasteiger partial charge in [-0.3, -0.25) is 4.90 Å². The highest BCUT2D eigenvalue weighted by molar-refractivity contribution is 5.90. The third kappa shape index (κ3) is 4.57. The molecule has 0 saturated carbocycles. The monoisotopic (exact) mass is 440 g/mol. The first-order valence-electron chi connectivity index (χ1n) is 11.4. The van der Waals surface area contributed by atoms with Gasteiger partial charge in [0.25, 0.3) is 0 Å². The van der Waals surface area contributed by atoms with E-state index in [-0.39, 0.29) is 6.61 Å². The predicted octanol–water partition coefficient (Wildman–Crippen LogP) is 2.93. The number of nitrogens with zero attached hydrogens (tertiary/aromatic N) is 5. The standard InChI is InChI=1S/C26H28N6O/c27-17-19-6-8-21(9-7-19)24-23(20-4-2-1-3-5-20)16-22-18-28-26(30-25(22)29-24)32-12-10-31(11-13-32)14-15-33/h1-9,16,18,33H,10-15,17,27H2. The minimum absolute atomic E-state index is 0.190. The zero-order valence-electron chi connectivity index (χ0n) is 18.6. The van der Waals surface area contributed by atoms with E-state index in [1.165, 1.54) is 0 Å². The van der Waals surface area contributed by atoms with E-state index in [4.69, 9.17) is 15.7 Å². The molecular weight excluding hydrogens is 412 g/mol. The van der Waals surface area contributed by atoms with Crippen molar-refractivity contribution in [2.24, 2.45) is 5.73 Å². The van der Waals surface area contributed by atoms with Gasteiger partial charge in [0.2, 0.25) is 5.95 Å². The van der Waals surface area contributed by atoms with Crippen molar-refractivity contribution in [2.45, 2.75) is 6.54 Å². The van der Waals surface area contributed by atoms with Gasteiger partial charge < -0.3 is 15.7 Å². The van der Waals surface area contributed by atoms with E-state index in [0.29, 0.717) is 24.7 Å². The molecule has 0 aliphatic carbocycles. The van der Waals surface area contributed by atoms with Crippen LogP contribution in [0, 0.1) is 0 Å². The fraction of sp³-hybridized carbons (Fsp3) is 0.269. The molecule has 1 fully saturated rings. The first-order chi connectivity index (χ1) is 16.2. The van der Waals surface area contributed by atoms with Crippen molar-refractivity contribution in [3.8, 4) is 22.4 Å². The third-order valence-corrected chi connectivity index (χ3v) is 6.18. The van der Waals surface area contributed by atoms with Crippen molar-refractivity contribution in [1.29, 1.82) is 0 Å². The average molecular weight is 441 g/mol. The van der Waals surface area contributed by atoms with Gasteiger partial charge in [0.15, 0.2) is 5.65 Å². The Bertz CT molecular complexity index is 1220. The highest BCUT2D eigenvalue weighted by Gasteiger charge is 2.20. The van der Waals surface area contributed by atoms with Crippen LogP contribution in [0.15, 0.2) is 66.9 Å². The molecule has 0 radical (unpaired) electrons. The van der Waals surface area contributed by atoms with Crippen LogP contribution < -0.4 is 10.6 Å². The molecule has 3 heterocycles. The van der Waals surface area contributed by atoms with Gasteiger partial charge in [-0.25, -0.2) is 9.97 Å². The van der Waals surface area contributed by atoms with Crippen molar-refractivity contribution < 1.29 is 5.11 Å². The first-order valence-corrected chi connectivity index (χ1v) is 11.4. The van der Waals surface area contributed by atoms with Crippen molar-refractivity contribution in [3.63, 3.8) is 0 Å². The Morgan fingerprint density at radius 3 is 2.33 bits per heavy atom. The lowest BCUT2D eigenvalue weighted by Gasteiger charge is -2.34. The smallest absolute Gasteiger partial charge is 0.227 e. The Morgan fingerprint density at radius 1 is 0.879 bits per heavy atom. The largest absolute Gasteiger partial charge is 0.395 e. The van der Waals surface area contributed by atoms with Crippen LogP contribution in [-0.4, -0.2) is 64.3 Å². The predicted molar refractivity (Wildman–Crippen MR) is 132 cm³/mol. The molecule has 33 heavy (non-hydrogen) atoms. The van der Waals surface area contributed by atoms with Crippen LogP contribution in [0.4, 0.5) is 5.95 Å². The number of aromatic nitrogens is 3. The second kappa shape index (κ2) is 9.62. The van der Waals surface area contributed by atoms with E-state index in [9.17, 15) is 5.11 Å². The molecule has 3 N–H and O–H groups in total. The maximum absolute atomic E-state index is 9.18. The maximum Gasteiger partial charge on any atom is 0.227 e. The molecule has 0 amide bonds. The van der Waals surface area contributed by atoms with Crippen LogP contribution in [0.3, 0.4) is 0 Å². The minimum Gasteiger partial charge on any atom is -0.395 e. The highest BCUT2D eigenvalue weighted by Crippen LogP contribution is 2.33. The molecular formula is C26H28N6O. The molecule has 1 aliphatic heterocycles. The van der Waals surface area contributed by atoms with Gasteiger partial charge in [0, 0.05) is 62.0 Å². The van der Waals surface area contributed by atoms with Crippen LogP contribution in [-0.2, 0) is 6.54 Å². The normalized spacial score (nSPS) is 14.7. The Kier molecular flexibility index (Phi) is 6.26. The van der Waals surface area contributed by atoms with E-state index in [2.05, 4.69) is 45.1 Å². The summed E-state index contributed by atoms with van der Waals surface area (Å²) in [6.45, 7) is 4.86. The molecule has 0 spiro atoms. The zero-order chi connectivity index (χ0) is 22.6. The van der Waals surface area contributed by atoms with Crippen molar-refractivity contribution >= 4 is 17.0 Å². The summed E-state index contributed by atoms with van der Waals surface area (Å²) in [5.41, 5.74) is 11.7. The Morgan fingerprint density at radius 2 is 1.64 bits per heavy atom. The van der Waals surface area contributed by atoms with Crippen LogP contribution in [0.25, 0.3) is 33.4 Å². The number of piperazine rings is 1. The van der Waals surface area contributed by atoms with Gasteiger partial charge in [-0.05, 0) is 17.2 Å². The Labute approximate surface area is 193 Å². The van der Waals surface area contributed by atoms with Crippen LogP contribution in [0.5, 0.6) is 0 Å². The molecule has 5 rings (SSSR count). The molecule has 1 aliphatic rings. The van der Waals surface area contributed by atoms with Crippen LogP contribution in [0.1, 0.15) is 5.56 Å². The SMILES string of the molecule is NCc1ccc(-c2nc3nc(N4CCN(CCO)CC4)ncc3cc2-c2ccccc2)cc1. The van der Waals surface area contributed by atoms with Crippen LogP contribution >= 0.6 is 0 Å². The molecule has 1 saturated heterocycles. The van der Waals surface area contributed by atoms with Gasteiger partial charge in [-0.2, -0.15) is 4.98 Å². The Balaban J connectivity index is 1.55. The van der Waals surface area contributed by atoms with E-state index >= 15 is 0 Å². The number of rotatable bonds is 6. The summed E-state index contributed by atoms with van der Waals surface area (Å²) in [5.74, 6) is 0.704. The lowest BCUT2D eigenvalue weighted by molar-refractivity contribution is 0.188. The number of benzene rings is 2. The molecule has 0 bridgehead atoms. The summed E-state index contributed by atoms with van der Waals surface area (Å²) in [6.07, 6.45) is 1.87. The second-order valence-corrected chi connectivity index (χ2v) is 8.29. The summed E-state index contributed by atoms with van der Waals surface area (Å²) in [6, 6.07) is 20.7. The Hall–Kier alpha value is -3.39. The number of nitrogens with two attached hydrogens (primary N) is 1. The summed E-state index contributed by atoms with van der Waals surface area (Å²) < 4.78 is 0. The molecule has 2 aromatic heterocycles. The summed E-state index contributed by atoms with van der Waals surface area (Å²) in [5, 5.41) is 10.1. The van der Waals surface area contributed by atoms with Gasteiger partial charge >= 0.3 is 0 Å². The number of fused-ring (bicyclic) bond motifs is 1. The molecule has 4 aromatic rings. The fourth-order valence-corrected chi connectivity index (χ4v) is 4.28. The van der Waals surface area contributed by atoms with Gasteiger partial charge in [-0.15, -0.1) is 0 Å². The highest BCUT2D eigenvalue weighted by atomic mass is 16.3. The zero-order valence-corrected chi connectivity index (χ0v) is 18.6. The number of pyridine rings is 1. The molecule has 0 unspecified atom stereocenters. The van der Waals surface area contributed by atoms with E-state index in [1.807, 2.05) is 36.5 Å². The van der Waals surface area contributed by atoms with Gasteiger partial charge in [0.1, 0.15) is 0 Å². The molecule has 7 heteroatoms. The second-order valence-electron chi connectivity index (χ2n) is 8.29. The topological polar surface area (TPSA) is 91.4 Å². The van der Waals surface area contributed by atoms with Crippen molar-refractivity contribution in [1.82, 2.24) is 19.9 Å². The summed E-state index contributed by atoms with van der Waals surface area (Å²) in [7, 11) is 0. The molecule has 168 valence electrons. The maximum atomic E-state index is 9.18. The molecule has 7 nitrogen and oxygen atoms in total. The quantitative estimate of drug-likeness (QED) is 0.476. The first kappa shape index (κ1) is 21.5. The number of hydrogen-bond donors (Lipinski definition) is 2. The number of hydrogen-bond acceptors (Lipinski definition) is 7. The van der Waals surface area contributed by atoms with E-state index < -0.39 is 0 Å². The van der Waals surface area contributed by atoms with Crippen LogP contribution in [0.2, 0.25) is 0 Å². The number of aliphatic hydroxyl groups excluding tert-OH is 1. The fourth-order valence-electron chi connectivity index (χ4n) is 4.28. The molecule has 0 atom stereocenters. The van der Waals surface area contributed by atoms with Gasteiger partial charge in [0.05, 0.1) is 12.3 Å². The molecule has 2 aromatic carbocycles. The van der Waals surface area contributed by atoms with Crippen molar-refractivity contribution in [2.75, 3.05) is 44.2 Å². The lowest BCUT2D eigenvalue weighted by atomic mass is 9.98. The van der Waals surface area contributed by atoms with E-state index in [1.54, 1.807) is 0 Å². The summed E-state index contributed by atoms with van der Waals surface area (Å²) >= 11 is 0. The third-order valence-electron chi connectivity index (χ3n) is 6.18. The summed E-state index contributed by atoms with van der Waals surface area (Å²) in [4.78, 5) is 19.0. The number of anilines is 1. The lowest BCUT2D eigenvalue weighted by Crippen LogP contribution is -2.47. The van der Waals surface area contributed by atoms with E-state index in [0.717, 1.165) is 59.5 Å². The number of β-amino-alcohol motifs (C(OH)–C–C–N with tert-alkyl or cyclic N) is 1.